The molecule has 30 heavy (non-hydrogen) atoms. The van der Waals surface area contributed by atoms with Crippen molar-refractivity contribution in [2.24, 2.45) is 0 Å². The molecule has 1 atom stereocenters. The number of carboxylic acids is 1. The zero-order valence-electron chi connectivity index (χ0n) is 17.6. The molecule has 6 heteroatoms. The van der Waals surface area contributed by atoms with Crippen molar-refractivity contribution in [3.63, 3.8) is 0 Å². The van der Waals surface area contributed by atoms with Crippen LogP contribution in [0.5, 0.6) is 5.75 Å². The smallest absolute Gasteiger partial charge is 0.312 e. The van der Waals surface area contributed by atoms with Crippen LogP contribution in [0.2, 0.25) is 0 Å². The first-order valence-electron chi connectivity index (χ1n) is 10.5. The van der Waals surface area contributed by atoms with E-state index in [-0.39, 0.29) is 6.04 Å². The van der Waals surface area contributed by atoms with Gasteiger partial charge in [0.1, 0.15) is 12.2 Å². The molecule has 1 fully saturated rings. The van der Waals surface area contributed by atoms with Gasteiger partial charge in [-0.3, -0.25) is 9.59 Å². The summed E-state index contributed by atoms with van der Waals surface area (Å²) in [5, 5.41) is 11.4. The molecule has 160 valence electrons. The monoisotopic (exact) mass is 410 g/mol. The Kier molecular flexibility index (Phi) is 7.33. The molecule has 1 aliphatic heterocycles. The molecule has 0 aromatic heterocycles. The molecule has 0 aliphatic carbocycles. The van der Waals surface area contributed by atoms with E-state index >= 15 is 0 Å². The average molecular weight is 411 g/mol. The first-order chi connectivity index (χ1) is 14.5. The molecule has 0 spiro atoms. The Morgan fingerprint density at radius 3 is 2.30 bits per heavy atom. The van der Waals surface area contributed by atoms with E-state index in [1.54, 1.807) is 0 Å². The van der Waals surface area contributed by atoms with Gasteiger partial charge in [0.25, 0.3) is 0 Å². The second kappa shape index (κ2) is 10.1. The predicted octanol–water partition coefficient (Wildman–Crippen LogP) is 4.12. The molecule has 1 heterocycles. The van der Waals surface area contributed by atoms with Crippen molar-refractivity contribution < 1.29 is 19.4 Å². The summed E-state index contributed by atoms with van der Waals surface area (Å²) in [7, 11) is 0. The van der Waals surface area contributed by atoms with Crippen LogP contribution in [0.15, 0.2) is 48.5 Å². The fraction of sp³-hybridized carbons (Fsp3) is 0.417. The van der Waals surface area contributed by atoms with Gasteiger partial charge in [-0.2, -0.15) is 0 Å². The fourth-order valence-corrected chi connectivity index (χ4v) is 3.96. The van der Waals surface area contributed by atoms with Crippen molar-refractivity contribution in [1.82, 2.24) is 5.32 Å². The van der Waals surface area contributed by atoms with Crippen molar-refractivity contribution in [1.29, 1.82) is 0 Å². The van der Waals surface area contributed by atoms with Crippen LogP contribution >= 0.6 is 0 Å². The molecule has 2 aromatic rings. The number of benzene rings is 2. The summed E-state index contributed by atoms with van der Waals surface area (Å²) in [5.74, 6) is -0.160. The summed E-state index contributed by atoms with van der Waals surface area (Å²) in [4.78, 5) is 24.7. The highest BCUT2D eigenvalue weighted by molar-refractivity contribution is 5.93. The Labute approximate surface area is 177 Å². The molecule has 0 saturated carbocycles. The Bertz CT molecular complexity index is 841. The van der Waals surface area contributed by atoms with Gasteiger partial charge in [0.15, 0.2) is 0 Å². The Morgan fingerprint density at radius 1 is 1.10 bits per heavy atom. The van der Waals surface area contributed by atoms with E-state index < -0.39 is 18.3 Å². The van der Waals surface area contributed by atoms with E-state index in [0.717, 1.165) is 37.2 Å². The number of rotatable bonds is 8. The molecule has 0 radical (unpaired) electrons. The van der Waals surface area contributed by atoms with Crippen molar-refractivity contribution >= 4 is 17.6 Å². The van der Waals surface area contributed by atoms with Gasteiger partial charge in [0.2, 0.25) is 5.91 Å². The van der Waals surface area contributed by atoms with E-state index in [1.165, 1.54) is 11.3 Å². The Hall–Kier alpha value is -3.02. The fourth-order valence-electron chi connectivity index (χ4n) is 3.96. The number of hydrogen-bond donors (Lipinski definition) is 2. The highest BCUT2D eigenvalue weighted by Crippen LogP contribution is 2.31. The third-order valence-corrected chi connectivity index (χ3v) is 5.60. The zero-order chi connectivity index (χ0) is 21.5. The van der Waals surface area contributed by atoms with Gasteiger partial charge < -0.3 is 20.1 Å². The lowest BCUT2D eigenvalue weighted by atomic mass is 9.88. The second-order valence-corrected chi connectivity index (χ2v) is 7.71. The van der Waals surface area contributed by atoms with E-state index in [9.17, 15) is 9.59 Å². The molecule has 2 N–H and O–H groups in total. The van der Waals surface area contributed by atoms with Gasteiger partial charge in [-0.15, -0.1) is 0 Å². The minimum Gasteiger partial charge on any atom is -0.494 e. The van der Waals surface area contributed by atoms with Crippen LogP contribution in [0.25, 0.3) is 0 Å². The van der Waals surface area contributed by atoms with E-state index in [0.29, 0.717) is 12.5 Å². The Morgan fingerprint density at radius 2 is 1.73 bits per heavy atom. The number of hydrogen-bond acceptors (Lipinski definition) is 4. The van der Waals surface area contributed by atoms with Crippen molar-refractivity contribution in [2.75, 3.05) is 24.6 Å². The number of carboxylic acid groups (broad SMARTS) is 1. The van der Waals surface area contributed by atoms with E-state index in [1.807, 2.05) is 38.1 Å². The number of nitrogens with one attached hydrogen (secondary N) is 1. The average Bonchev–Trinajstić information content (AvgIpc) is 2.74. The SMILES string of the molecule is CCOc1ccc(N2CCC(c3ccc([C@H](C)NC(=O)CC(=O)O)cc3)CC2)cc1. The normalized spacial score (nSPS) is 15.5. The molecule has 6 nitrogen and oxygen atoms in total. The summed E-state index contributed by atoms with van der Waals surface area (Å²) in [6.45, 7) is 6.56. The molecule has 1 amide bonds. The highest BCUT2D eigenvalue weighted by atomic mass is 16.5. The molecule has 0 unspecified atom stereocenters. The van der Waals surface area contributed by atoms with E-state index in [4.69, 9.17) is 9.84 Å². The summed E-state index contributed by atoms with van der Waals surface area (Å²) >= 11 is 0. The van der Waals surface area contributed by atoms with Gasteiger partial charge in [0, 0.05) is 18.8 Å². The minimum absolute atomic E-state index is 0.215. The summed E-state index contributed by atoms with van der Waals surface area (Å²) in [6, 6.07) is 16.4. The number of nitrogens with zero attached hydrogens (tertiary/aromatic N) is 1. The van der Waals surface area contributed by atoms with Gasteiger partial charge in [-0.25, -0.2) is 0 Å². The van der Waals surface area contributed by atoms with Gasteiger partial charge >= 0.3 is 5.97 Å². The lowest BCUT2D eigenvalue weighted by Gasteiger charge is -2.34. The first kappa shape index (κ1) is 21.7. The van der Waals surface area contributed by atoms with Crippen LogP contribution in [0.1, 0.15) is 56.2 Å². The van der Waals surface area contributed by atoms with E-state index in [2.05, 4.69) is 34.5 Å². The predicted molar refractivity (Wildman–Crippen MR) is 117 cm³/mol. The molecule has 2 aromatic carbocycles. The standard InChI is InChI=1S/C24H30N2O4/c1-3-30-22-10-8-21(9-11-22)26-14-12-20(13-15-26)19-6-4-18(5-7-19)17(2)25-23(27)16-24(28)29/h4-11,17,20H,3,12-16H2,1-2H3,(H,25,27)(H,28,29)/t17-/m0/s1. The lowest BCUT2D eigenvalue weighted by Crippen LogP contribution is -2.32. The van der Waals surface area contributed by atoms with Crippen LogP contribution in [0.4, 0.5) is 5.69 Å². The molecule has 0 bridgehead atoms. The molecule has 3 rings (SSSR count). The molecular formula is C24H30N2O4. The topological polar surface area (TPSA) is 78.9 Å². The number of amides is 1. The van der Waals surface area contributed by atoms with Crippen molar-refractivity contribution in [3.8, 4) is 5.75 Å². The largest absolute Gasteiger partial charge is 0.494 e. The van der Waals surface area contributed by atoms with Gasteiger partial charge in [-0.05, 0) is 68.0 Å². The maximum atomic E-state index is 11.6. The highest BCUT2D eigenvalue weighted by Gasteiger charge is 2.21. The second-order valence-electron chi connectivity index (χ2n) is 7.71. The number of piperidine rings is 1. The summed E-state index contributed by atoms with van der Waals surface area (Å²) in [6.07, 6.45) is 1.68. The number of aliphatic carboxylic acids is 1. The number of ether oxygens (including phenoxy) is 1. The van der Waals surface area contributed by atoms with Gasteiger partial charge in [-0.1, -0.05) is 24.3 Å². The zero-order valence-corrected chi connectivity index (χ0v) is 17.6. The third-order valence-electron chi connectivity index (χ3n) is 5.60. The third kappa shape index (κ3) is 5.75. The lowest BCUT2D eigenvalue weighted by molar-refractivity contribution is -0.140. The van der Waals surface area contributed by atoms with Crippen LogP contribution in [0.3, 0.4) is 0 Å². The number of carbonyl (C=O) groups is 2. The van der Waals surface area contributed by atoms with Crippen LogP contribution < -0.4 is 15.0 Å². The summed E-state index contributed by atoms with van der Waals surface area (Å²) < 4.78 is 5.52. The maximum absolute atomic E-state index is 11.6. The number of carbonyl (C=O) groups excluding carboxylic acids is 1. The summed E-state index contributed by atoms with van der Waals surface area (Å²) in [5.41, 5.74) is 3.52. The van der Waals surface area contributed by atoms with Crippen LogP contribution in [-0.4, -0.2) is 36.7 Å². The molecular weight excluding hydrogens is 380 g/mol. The maximum Gasteiger partial charge on any atom is 0.312 e. The Balaban J connectivity index is 1.53. The van der Waals surface area contributed by atoms with Crippen molar-refractivity contribution in [3.05, 3.63) is 59.7 Å². The van der Waals surface area contributed by atoms with Crippen LogP contribution in [0, 0.1) is 0 Å². The molecule has 1 aliphatic rings. The van der Waals surface area contributed by atoms with Gasteiger partial charge in [0.05, 0.1) is 12.6 Å². The quantitative estimate of drug-likeness (QED) is 0.640. The van der Waals surface area contributed by atoms with Crippen molar-refractivity contribution in [2.45, 2.75) is 45.1 Å². The number of anilines is 1. The van der Waals surface area contributed by atoms with Crippen LogP contribution in [-0.2, 0) is 9.59 Å². The minimum atomic E-state index is -1.12. The first-order valence-corrected chi connectivity index (χ1v) is 10.5. The molecule has 1 saturated heterocycles.